The Morgan fingerprint density at radius 2 is 1.65 bits per heavy atom. The molecule has 2 aromatic carbocycles. The molecule has 1 N–H and O–H groups in total. The average molecular weight is 353 g/mol. The van der Waals surface area contributed by atoms with Gasteiger partial charge in [-0.05, 0) is 48.5 Å². The summed E-state index contributed by atoms with van der Waals surface area (Å²) in [5.41, 5.74) is 0.172. The predicted molar refractivity (Wildman–Crippen MR) is 91.8 cm³/mol. The van der Waals surface area contributed by atoms with E-state index in [9.17, 15) is 19.3 Å². The van der Waals surface area contributed by atoms with Gasteiger partial charge in [-0.15, -0.1) is 0 Å². The molecule has 1 amide bonds. The number of halogens is 1. The van der Waals surface area contributed by atoms with Crippen LogP contribution in [0.2, 0.25) is 0 Å². The van der Waals surface area contributed by atoms with Crippen molar-refractivity contribution >= 4 is 17.4 Å². The number of hydrogen-bond donors (Lipinski definition) is 1. The average Bonchev–Trinajstić information content (AvgIpc) is 2.65. The van der Waals surface area contributed by atoms with Crippen LogP contribution < -0.4 is 10.1 Å². The smallest absolute Gasteiger partial charge is 0.269 e. The van der Waals surface area contributed by atoms with E-state index in [0.29, 0.717) is 17.3 Å². The number of nitrogens with one attached hydrogen (secondary N) is 1. The SMILES string of the molecule is O=C(Nc1ccc(Oc2ccc(F)cc2)cn1)c1ccc([N+](=O)[O-])cc1. The highest BCUT2D eigenvalue weighted by Crippen LogP contribution is 2.22. The lowest BCUT2D eigenvalue weighted by molar-refractivity contribution is -0.384. The zero-order valence-corrected chi connectivity index (χ0v) is 13.3. The number of aromatic nitrogens is 1. The standard InChI is InChI=1S/C18H12FN3O4/c19-13-3-7-15(8-4-13)26-16-9-10-17(20-11-16)21-18(23)12-1-5-14(6-2-12)22(24)25/h1-11H,(H,20,21,23). The first kappa shape index (κ1) is 17.0. The van der Waals surface area contributed by atoms with Crippen LogP contribution in [0.25, 0.3) is 0 Å². The number of nitrogens with zero attached hydrogens (tertiary/aromatic N) is 2. The lowest BCUT2D eigenvalue weighted by Gasteiger charge is -2.07. The van der Waals surface area contributed by atoms with Crippen molar-refractivity contribution < 1.29 is 18.8 Å². The van der Waals surface area contributed by atoms with Crippen molar-refractivity contribution in [3.8, 4) is 11.5 Å². The molecule has 0 saturated heterocycles. The molecule has 8 heteroatoms. The van der Waals surface area contributed by atoms with Gasteiger partial charge in [-0.25, -0.2) is 9.37 Å². The van der Waals surface area contributed by atoms with Crippen LogP contribution in [-0.2, 0) is 0 Å². The van der Waals surface area contributed by atoms with Gasteiger partial charge < -0.3 is 10.1 Å². The molecule has 3 rings (SSSR count). The summed E-state index contributed by atoms with van der Waals surface area (Å²) in [4.78, 5) is 26.3. The van der Waals surface area contributed by atoms with E-state index in [1.165, 1.54) is 54.7 Å². The fourth-order valence-electron chi connectivity index (χ4n) is 2.08. The summed E-state index contributed by atoms with van der Waals surface area (Å²) in [6.45, 7) is 0. The number of carbonyl (C=O) groups is 1. The van der Waals surface area contributed by atoms with Gasteiger partial charge in [0.25, 0.3) is 11.6 Å². The maximum absolute atomic E-state index is 12.9. The Labute approximate surface area is 147 Å². The predicted octanol–water partition coefficient (Wildman–Crippen LogP) is 4.17. The van der Waals surface area contributed by atoms with Crippen LogP contribution in [-0.4, -0.2) is 15.8 Å². The van der Waals surface area contributed by atoms with E-state index in [0.717, 1.165) is 0 Å². The molecule has 7 nitrogen and oxygen atoms in total. The van der Waals surface area contributed by atoms with Crippen LogP contribution in [0.15, 0.2) is 66.9 Å². The summed E-state index contributed by atoms with van der Waals surface area (Å²) in [5.74, 6) is 0.361. The van der Waals surface area contributed by atoms with Crippen LogP contribution in [0.1, 0.15) is 10.4 Å². The molecule has 3 aromatic rings. The van der Waals surface area contributed by atoms with Crippen LogP contribution in [0.4, 0.5) is 15.9 Å². The van der Waals surface area contributed by atoms with E-state index >= 15 is 0 Å². The second-order valence-electron chi connectivity index (χ2n) is 5.19. The fraction of sp³-hybridized carbons (Fsp3) is 0. The minimum atomic E-state index is -0.539. The van der Waals surface area contributed by atoms with Crippen LogP contribution in [0.3, 0.4) is 0 Å². The lowest BCUT2D eigenvalue weighted by atomic mass is 10.2. The zero-order chi connectivity index (χ0) is 18.5. The number of ether oxygens (including phenoxy) is 1. The monoisotopic (exact) mass is 353 g/mol. The molecule has 1 heterocycles. The number of non-ortho nitro benzene ring substituents is 1. The molecular formula is C18H12FN3O4. The molecule has 0 bridgehead atoms. The molecule has 0 aliphatic rings. The summed E-state index contributed by atoms with van der Waals surface area (Å²) < 4.78 is 18.4. The Hall–Kier alpha value is -3.81. The molecule has 1 aromatic heterocycles. The zero-order valence-electron chi connectivity index (χ0n) is 13.3. The minimum absolute atomic E-state index is 0.0954. The van der Waals surface area contributed by atoms with Gasteiger partial charge in [-0.2, -0.15) is 0 Å². The molecule has 0 saturated carbocycles. The first-order chi connectivity index (χ1) is 12.5. The highest BCUT2D eigenvalue weighted by atomic mass is 19.1. The number of rotatable bonds is 5. The number of nitro groups is 1. The highest BCUT2D eigenvalue weighted by molar-refractivity contribution is 6.03. The Morgan fingerprint density at radius 3 is 2.23 bits per heavy atom. The van der Waals surface area contributed by atoms with E-state index in [1.54, 1.807) is 12.1 Å². The second kappa shape index (κ2) is 7.39. The molecule has 26 heavy (non-hydrogen) atoms. The summed E-state index contributed by atoms with van der Waals surface area (Å²) in [6.07, 6.45) is 1.41. The molecule has 0 spiro atoms. The van der Waals surface area contributed by atoms with Crippen molar-refractivity contribution in [1.29, 1.82) is 0 Å². The molecule has 0 atom stereocenters. The lowest BCUT2D eigenvalue weighted by Crippen LogP contribution is -2.12. The first-order valence-electron chi connectivity index (χ1n) is 7.46. The normalized spacial score (nSPS) is 10.2. The topological polar surface area (TPSA) is 94.4 Å². The number of amides is 1. The van der Waals surface area contributed by atoms with Gasteiger partial charge in [0, 0.05) is 17.7 Å². The molecule has 0 fully saturated rings. The van der Waals surface area contributed by atoms with Crippen molar-refractivity contribution in [1.82, 2.24) is 4.98 Å². The number of benzene rings is 2. The molecule has 0 aliphatic carbocycles. The van der Waals surface area contributed by atoms with Gasteiger partial charge in [0.2, 0.25) is 0 Å². The second-order valence-corrected chi connectivity index (χ2v) is 5.19. The third kappa shape index (κ3) is 4.18. The number of nitro benzene ring substituents is 1. The van der Waals surface area contributed by atoms with Crippen LogP contribution in [0, 0.1) is 15.9 Å². The maximum atomic E-state index is 12.9. The van der Waals surface area contributed by atoms with E-state index in [2.05, 4.69) is 10.3 Å². The third-order valence-electron chi connectivity index (χ3n) is 3.37. The first-order valence-corrected chi connectivity index (χ1v) is 7.46. The Kier molecular flexibility index (Phi) is 4.84. The highest BCUT2D eigenvalue weighted by Gasteiger charge is 2.10. The van der Waals surface area contributed by atoms with Crippen molar-refractivity contribution in [3.05, 3.63) is 88.4 Å². The van der Waals surface area contributed by atoms with Gasteiger partial charge in [0.05, 0.1) is 11.1 Å². The van der Waals surface area contributed by atoms with E-state index in [1.807, 2.05) is 0 Å². The van der Waals surface area contributed by atoms with Gasteiger partial charge in [-0.1, -0.05) is 0 Å². The third-order valence-corrected chi connectivity index (χ3v) is 3.37. The minimum Gasteiger partial charge on any atom is -0.456 e. The number of hydrogen-bond acceptors (Lipinski definition) is 5. The van der Waals surface area contributed by atoms with Gasteiger partial charge in [0.1, 0.15) is 23.1 Å². The number of carbonyl (C=O) groups excluding carboxylic acids is 1. The Bertz CT molecular complexity index is 926. The Morgan fingerprint density at radius 1 is 1.00 bits per heavy atom. The van der Waals surface area contributed by atoms with Gasteiger partial charge in [0.15, 0.2) is 0 Å². The molecule has 130 valence electrons. The molecule has 0 unspecified atom stereocenters. The summed E-state index contributed by atoms with van der Waals surface area (Å²) in [7, 11) is 0. The van der Waals surface area contributed by atoms with Crippen molar-refractivity contribution in [2.24, 2.45) is 0 Å². The molecule has 0 aliphatic heterocycles. The largest absolute Gasteiger partial charge is 0.456 e. The van der Waals surface area contributed by atoms with E-state index in [-0.39, 0.29) is 17.1 Å². The summed E-state index contributed by atoms with van der Waals surface area (Å²) >= 11 is 0. The molecular weight excluding hydrogens is 341 g/mol. The van der Waals surface area contributed by atoms with E-state index in [4.69, 9.17) is 4.74 Å². The maximum Gasteiger partial charge on any atom is 0.269 e. The fourth-order valence-corrected chi connectivity index (χ4v) is 2.08. The summed E-state index contributed by atoms with van der Waals surface area (Å²) in [5, 5.41) is 13.2. The molecule has 0 radical (unpaired) electrons. The van der Waals surface area contributed by atoms with E-state index < -0.39 is 10.8 Å². The summed E-state index contributed by atoms with van der Waals surface area (Å²) in [6, 6.07) is 13.9. The number of anilines is 1. The van der Waals surface area contributed by atoms with Crippen molar-refractivity contribution in [2.45, 2.75) is 0 Å². The number of pyridine rings is 1. The van der Waals surface area contributed by atoms with Crippen molar-refractivity contribution in [3.63, 3.8) is 0 Å². The van der Waals surface area contributed by atoms with Crippen molar-refractivity contribution in [2.75, 3.05) is 5.32 Å². The van der Waals surface area contributed by atoms with Crippen LogP contribution in [0.5, 0.6) is 11.5 Å². The Balaban J connectivity index is 1.64. The van der Waals surface area contributed by atoms with Crippen LogP contribution >= 0.6 is 0 Å². The van der Waals surface area contributed by atoms with Gasteiger partial charge in [-0.3, -0.25) is 14.9 Å². The van der Waals surface area contributed by atoms with Gasteiger partial charge >= 0.3 is 0 Å². The quantitative estimate of drug-likeness (QED) is 0.549.